The molecule has 2 N–H and O–H groups in total. The van der Waals surface area contributed by atoms with Crippen LogP contribution in [0.4, 0.5) is 15.8 Å². The van der Waals surface area contributed by atoms with Gasteiger partial charge in [0.15, 0.2) is 5.12 Å². The minimum atomic E-state index is -0.721. The lowest BCUT2D eigenvalue weighted by Crippen LogP contribution is -1.99. The zero-order valence-corrected chi connectivity index (χ0v) is 11.1. The molecule has 7 heteroatoms. The first-order chi connectivity index (χ1) is 8.91. The smallest absolute Gasteiger partial charge is 0.295 e. The van der Waals surface area contributed by atoms with Crippen LogP contribution in [0.2, 0.25) is 0 Å². The normalized spacial score (nSPS) is 10.8. The van der Waals surface area contributed by atoms with E-state index in [1.165, 1.54) is 24.8 Å². The highest BCUT2D eigenvalue weighted by Gasteiger charge is 2.15. The van der Waals surface area contributed by atoms with E-state index in [-0.39, 0.29) is 16.4 Å². The van der Waals surface area contributed by atoms with Crippen molar-refractivity contribution in [1.82, 2.24) is 0 Å². The van der Waals surface area contributed by atoms with E-state index >= 15 is 0 Å². The van der Waals surface area contributed by atoms with Gasteiger partial charge in [0.25, 0.3) is 5.69 Å². The van der Waals surface area contributed by atoms with Crippen molar-refractivity contribution in [2.75, 3.05) is 11.5 Å². The Morgan fingerprint density at radius 1 is 1.58 bits per heavy atom. The van der Waals surface area contributed by atoms with Crippen LogP contribution < -0.4 is 5.73 Å². The molecule has 0 aliphatic heterocycles. The molecule has 0 spiro atoms. The van der Waals surface area contributed by atoms with Crippen molar-refractivity contribution in [3.05, 3.63) is 39.7 Å². The quantitative estimate of drug-likeness (QED) is 0.389. The monoisotopic (exact) mass is 284 g/mol. The SMILES string of the molecule is CC(=O)SCCC=Cc1cc(F)cc([N+](=O)[O-])c1N. The highest BCUT2D eigenvalue weighted by atomic mass is 32.2. The molecule has 1 aromatic carbocycles. The zero-order chi connectivity index (χ0) is 14.4. The van der Waals surface area contributed by atoms with Gasteiger partial charge in [0.05, 0.1) is 11.0 Å². The lowest BCUT2D eigenvalue weighted by Gasteiger charge is -2.02. The van der Waals surface area contributed by atoms with E-state index in [0.717, 1.165) is 12.1 Å². The third-order valence-electron chi connectivity index (χ3n) is 2.24. The van der Waals surface area contributed by atoms with Crippen LogP contribution in [0.5, 0.6) is 0 Å². The number of carbonyl (C=O) groups excluding carboxylic acids is 1. The Balaban J connectivity index is 2.80. The average Bonchev–Trinajstić information content (AvgIpc) is 2.31. The van der Waals surface area contributed by atoms with Gasteiger partial charge < -0.3 is 5.73 Å². The number of nitrogen functional groups attached to an aromatic ring is 1. The summed E-state index contributed by atoms with van der Waals surface area (Å²) in [6.45, 7) is 1.47. The third kappa shape index (κ3) is 4.70. The third-order valence-corrected chi connectivity index (χ3v) is 3.09. The Morgan fingerprint density at radius 2 is 2.26 bits per heavy atom. The Hall–Kier alpha value is -1.89. The van der Waals surface area contributed by atoms with E-state index in [4.69, 9.17) is 5.73 Å². The number of nitro groups is 1. The standard InChI is InChI=1S/C12H13FN2O3S/c1-8(16)19-5-3-2-4-9-6-10(13)7-11(12(9)14)15(17)18/h2,4,6-7H,3,5,14H2,1H3. The molecule has 0 aliphatic carbocycles. The topological polar surface area (TPSA) is 86.2 Å². The first kappa shape index (κ1) is 15.2. The number of rotatable bonds is 5. The highest BCUT2D eigenvalue weighted by Crippen LogP contribution is 2.27. The first-order valence-corrected chi connectivity index (χ1v) is 6.43. The second-order valence-electron chi connectivity index (χ2n) is 3.72. The molecular weight excluding hydrogens is 271 g/mol. The molecule has 0 atom stereocenters. The minimum Gasteiger partial charge on any atom is -0.393 e. The molecule has 0 radical (unpaired) electrons. The van der Waals surface area contributed by atoms with Gasteiger partial charge in [0, 0.05) is 18.2 Å². The molecule has 0 aliphatic rings. The number of nitrogens with two attached hydrogens (primary N) is 1. The number of nitro benzene ring substituents is 1. The number of thioether (sulfide) groups is 1. The summed E-state index contributed by atoms with van der Waals surface area (Å²) in [6, 6.07) is 1.93. The van der Waals surface area contributed by atoms with Crippen molar-refractivity contribution in [2.24, 2.45) is 0 Å². The molecule has 102 valence electrons. The summed E-state index contributed by atoms with van der Waals surface area (Å²) in [5.41, 5.74) is 5.35. The summed E-state index contributed by atoms with van der Waals surface area (Å²) < 4.78 is 13.2. The maximum Gasteiger partial charge on any atom is 0.295 e. The Labute approximate surface area is 113 Å². The second kappa shape index (κ2) is 6.89. The van der Waals surface area contributed by atoms with Crippen LogP contribution in [-0.4, -0.2) is 15.8 Å². The van der Waals surface area contributed by atoms with Crippen LogP contribution in [0.3, 0.4) is 0 Å². The molecule has 0 fully saturated rings. The molecule has 1 aromatic rings. The fourth-order valence-corrected chi connectivity index (χ4v) is 1.94. The van der Waals surface area contributed by atoms with Gasteiger partial charge in [-0.3, -0.25) is 14.9 Å². The molecule has 0 unspecified atom stereocenters. The van der Waals surface area contributed by atoms with Crippen LogP contribution in [0.15, 0.2) is 18.2 Å². The van der Waals surface area contributed by atoms with Crippen LogP contribution >= 0.6 is 11.8 Å². The summed E-state index contributed by atoms with van der Waals surface area (Å²) in [7, 11) is 0. The number of halogens is 1. The van der Waals surface area contributed by atoms with Crippen LogP contribution in [0.1, 0.15) is 18.9 Å². The number of allylic oxidation sites excluding steroid dienone is 1. The first-order valence-electron chi connectivity index (χ1n) is 5.45. The summed E-state index contributed by atoms with van der Waals surface area (Å²) in [4.78, 5) is 20.6. The van der Waals surface area contributed by atoms with E-state index in [1.54, 1.807) is 6.08 Å². The van der Waals surface area contributed by atoms with Gasteiger partial charge in [-0.1, -0.05) is 23.9 Å². The molecule has 0 saturated carbocycles. The fourth-order valence-electron chi connectivity index (χ4n) is 1.39. The van der Waals surface area contributed by atoms with Gasteiger partial charge in [0.2, 0.25) is 0 Å². The summed E-state index contributed by atoms with van der Waals surface area (Å²) >= 11 is 1.18. The van der Waals surface area contributed by atoms with E-state index in [0.29, 0.717) is 12.2 Å². The second-order valence-corrected chi connectivity index (χ2v) is 4.99. The highest BCUT2D eigenvalue weighted by molar-refractivity contribution is 8.13. The maximum atomic E-state index is 13.2. The lowest BCUT2D eigenvalue weighted by molar-refractivity contribution is -0.384. The largest absolute Gasteiger partial charge is 0.393 e. The van der Waals surface area contributed by atoms with Crippen molar-refractivity contribution < 1.29 is 14.1 Å². The van der Waals surface area contributed by atoms with Gasteiger partial charge in [0.1, 0.15) is 11.5 Å². The van der Waals surface area contributed by atoms with E-state index < -0.39 is 16.4 Å². The van der Waals surface area contributed by atoms with Crippen molar-refractivity contribution in [3.8, 4) is 0 Å². The number of benzene rings is 1. The van der Waals surface area contributed by atoms with Gasteiger partial charge in [-0.15, -0.1) is 0 Å². The molecule has 0 bridgehead atoms. The summed E-state index contributed by atoms with van der Waals surface area (Å²) in [5.74, 6) is -0.109. The Morgan fingerprint density at radius 3 is 2.84 bits per heavy atom. The number of hydrogen-bond acceptors (Lipinski definition) is 5. The zero-order valence-electron chi connectivity index (χ0n) is 10.3. The number of hydrogen-bond donors (Lipinski definition) is 1. The molecule has 0 aromatic heterocycles. The molecule has 0 amide bonds. The molecule has 1 rings (SSSR count). The molecule has 5 nitrogen and oxygen atoms in total. The average molecular weight is 284 g/mol. The molecular formula is C12H13FN2O3S. The Kier molecular flexibility index (Phi) is 5.50. The van der Waals surface area contributed by atoms with Crippen molar-refractivity contribution in [1.29, 1.82) is 0 Å². The van der Waals surface area contributed by atoms with E-state index in [2.05, 4.69) is 0 Å². The molecule has 0 heterocycles. The van der Waals surface area contributed by atoms with Crippen LogP contribution in [0.25, 0.3) is 6.08 Å². The summed E-state index contributed by atoms with van der Waals surface area (Å²) in [5, 5.41) is 10.7. The van der Waals surface area contributed by atoms with Crippen LogP contribution in [0, 0.1) is 15.9 Å². The predicted molar refractivity (Wildman–Crippen MR) is 74.3 cm³/mol. The van der Waals surface area contributed by atoms with E-state index in [9.17, 15) is 19.3 Å². The minimum absolute atomic E-state index is 0.0225. The van der Waals surface area contributed by atoms with E-state index in [1.807, 2.05) is 0 Å². The van der Waals surface area contributed by atoms with Gasteiger partial charge in [-0.25, -0.2) is 4.39 Å². The predicted octanol–water partition coefficient (Wildman–Crippen LogP) is 3.00. The Bertz CT molecular complexity index is 532. The molecule has 19 heavy (non-hydrogen) atoms. The lowest BCUT2D eigenvalue weighted by atomic mass is 10.1. The van der Waals surface area contributed by atoms with Crippen LogP contribution in [-0.2, 0) is 4.79 Å². The van der Waals surface area contributed by atoms with Crippen molar-refractivity contribution in [2.45, 2.75) is 13.3 Å². The number of anilines is 1. The van der Waals surface area contributed by atoms with Gasteiger partial charge >= 0.3 is 0 Å². The number of nitrogens with zero attached hydrogens (tertiary/aromatic N) is 1. The van der Waals surface area contributed by atoms with Crippen molar-refractivity contribution >= 4 is 34.3 Å². The summed E-state index contributed by atoms with van der Waals surface area (Å²) in [6.07, 6.45) is 3.81. The fraction of sp³-hybridized carbons (Fsp3) is 0.250. The molecule has 0 saturated heterocycles. The van der Waals surface area contributed by atoms with Crippen molar-refractivity contribution in [3.63, 3.8) is 0 Å². The van der Waals surface area contributed by atoms with Gasteiger partial charge in [-0.2, -0.15) is 0 Å². The van der Waals surface area contributed by atoms with Gasteiger partial charge in [-0.05, 0) is 12.5 Å². The maximum absolute atomic E-state index is 13.2. The number of carbonyl (C=O) groups is 1.